The Balaban J connectivity index is 1.88. The van der Waals surface area contributed by atoms with E-state index in [1.165, 1.54) is 20.8 Å². The van der Waals surface area contributed by atoms with E-state index in [-0.39, 0.29) is 36.3 Å². The maximum absolute atomic E-state index is 13.5. The molecule has 3 aliphatic heterocycles. The highest BCUT2D eigenvalue weighted by molar-refractivity contribution is 7.54. The molecule has 7 atom stereocenters. The van der Waals surface area contributed by atoms with Crippen molar-refractivity contribution in [2.45, 2.75) is 82.3 Å². The number of aliphatic hydroxyl groups is 3. The van der Waals surface area contributed by atoms with Crippen LogP contribution in [0.3, 0.4) is 0 Å². The molecule has 0 radical (unpaired) electrons. The maximum Gasteiger partial charge on any atom is 0.359 e. The third-order valence-electron chi connectivity index (χ3n) is 6.30. The lowest BCUT2D eigenvalue weighted by atomic mass is 9.92. The van der Waals surface area contributed by atoms with Gasteiger partial charge >= 0.3 is 7.60 Å². The fraction of sp³-hybridized carbons (Fsp3) is 0.650. The van der Waals surface area contributed by atoms with Gasteiger partial charge < -0.3 is 34.5 Å². The van der Waals surface area contributed by atoms with Crippen molar-refractivity contribution in [1.29, 1.82) is 0 Å². The first kappa shape index (κ1) is 26.7. The Kier molecular flexibility index (Phi) is 7.32. The maximum atomic E-state index is 13.5. The van der Waals surface area contributed by atoms with Crippen LogP contribution >= 0.6 is 7.60 Å². The van der Waals surface area contributed by atoms with Gasteiger partial charge in [0.25, 0.3) is 11.5 Å². The van der Waals surface area contributed by atoms with Crippen LogP contribution in [0.15, 0.2) is 10.9 Å². The number of H-pyrrole nitrogens is 1. The quantitative estimate of drug-likeness (QED) is 0.330. The summed E-state index contributed by atoms with van der Waals surface area (Å²) in [6, 6.07) is 1.07. The summed E-state index contributed by atoms with van der Waals surface area (Å²) in [5.41, 5.74) is -2.72. The van der Waals surface area contributed by atoms with Crippen molar-refractivity contribution in [3.63, 3.8) is 0 Å². The van der Waals surface area contributed by atoms with Gasteiger partial charge in [0.05, 0.1) is 17.3 Å². The van der Waals surface area contributed by atoms with Gasteiger partial charge in [-0.3, -0.25) is 9.36 Å². The smallest absolute Gasteiger partial charge is 0.359 e. The van der Waals surface area contributed by atoms with Crippen LogP contribution in [0.4, 0.5) is 8.78 Å². The molecular formula is C20H28F2N3O8P. The number of pyridine rings is 1. The molecule has 0 aromatic rings. The lowest BCUT2D eigenvalue weighted by Crippen LogP contribution is -2.40. The summed E-state index contributed by atoms with van der Waals surface area (Å²) in [6.07, 6.45) is -5.71. The Labute approximate surface area is 193 Å². The van der Waals surface area contributed by atoms with Crippen LogP contribution in [-0.4, -0.2) is 64.4 Å². The van der Waals surface area contributed by atoms with Crippen molar-refractivity contribution in [3.8, 4) is 11.5 Å². The van der Waals surface area contributed by atoms with Gasteiger partial charge in [0.1, 0.15) is 24.0 Å². The summed E-state index contributed by atoms with van der Waals surface area (Å²) in [5, 5.41) is 29.4. The number of nitrogens with zero attached hydrogens (tertiary/aromatic N) is 2. The largest absolute Gasteiger partial charge is 0.388 e. The van der Waals surface area contributed by atoms with Gasteiger partial charge in [-0.1, -0.05) is 13.8 Å². The van der Waals surface area contributed by atoms with E-state index in [0.717, 1.165) is 6.07 Å². The van der Waals surface area contributed by atoms with Crippen LogP contribution in [0.5, 0.6) is 0 Å². The van der Waals surface area contributed by atoms with Gasteiger partial charge in [-0.2, -0.15) is 13.8 Å². The molecule has 0 aliphatic carbocycles. The second-order valence-corrected chi connectivity index (χ2v) is 11.0. The lowest BCUT2D eigenvalue weighted by Gasteiger charge is -2.37. The Hall–Kier alpha value is -1.86. The van der Waals surface area contributed by atoms with Crippen molar-refractivity contribution in [3.05, 3.63) is 33.9 Å². The average Bonchev–Trinajstić information content (AvgIpc) is 3.02. The van der Waals surface area contributed by atoms with E-state index in [0.29, 0.717) is 0 Å². The third-order valence-corrected chi connectivity index (χ3v) is 8.52. The first-order valence-corrected chi connectivity index (χ1v) is 12.3. The number of ether oxygens (including phenoxy) is 1. The first-order valence-electron chi connectivity index (χ1n) is 10.7. The number of rotatable bonds is 8. The normalized spacial score (nSPS) is 28.4. The van der Waals surface area contributed by atoms with Crippen LogP contribution < -0.4 is 5.56 Å². The fourth-order valence-electron chi connectivity index (χ4n) is 3.64. The number of fused-ring (bicyclic) bond motifs is 1. The second kappa shape index (κ2) is 9.30. The number of aromatic amines is 1. The summed E-state index contributed by atoms with van der Waals surface area (Å²) in [4.78, 5) is 31.8. The molecule has 0 spiro atoms. The van der Waals surface area contributed by atoms with Crippen molar-refractivity contribution >= 4 is 7.60 Å². The zero-order valence-electron chi connectivity index (χ0n) is 19.0. The molecule has 0 bridgehead atoms. The molecule has 0 aromatic carbocycles. The molecule has 190 valence electrons. The van der Waals surface area contributed by atoms with E-state index in [4.69, 9.17) is 9.26 Å². The zero-order valence-corrected chi connectivity index (χ0v) is 19.9. The third kappa shape index (κ3) is 4.92. The Morgan fingerprint density at radius 3 is 2.44 bits per heavy atom. The summed E-state index contributed by atoms with van der Waals surface area (Å²) in [6.45, 7) is 5.85. The molecule has 3 rings (SSSR count). The highest BCUT2D eigenvalue weighted by atomic mass is 31.2. The van der Waals surface area contributed by atoms with Crippen molar-refractivity contribution < 1.29 is 42.8 Å². The van der Waals surface area contributed by atoms with E-state index in [2.05, 4.69) is 9.97 Å². The van der Waals surface area contributed by atoms with E-state index < -0.39 is 60.4 Å². The van der Waals surface area contributed by atoms with Gasteiger partial charge in [-0.25, -0.2) is 4.98 Å². The predicted octanol–water partition coefficient (Wildman–Crippen LogP) is 1.59. The van der Waals surface area contributed by atoms with Crippen molar-refractivity contribution in [1.82, 2.24) is 15.0 Å². The van der Waals surface area contributed by atoms with Gasteiger partial charge in [0.15, 0.2) is 11.2 Å². The second-order valence-electron chi connectivity index (χ2n) is 8.86. The van der Waals surface area contributed by atoms with Crippen LogP contribution in [0.25, 0.3) is 11.5 Å². The number of nitrogens with one attached hydrogen (secondary N) is 1. The molecule has 0 aromatic heterocycles. The highest BCUT2D eigenvalue weighted by Gasteiger charge is 2.51. The molecular weight excluding hydrogens is 479 g/mol. The number of hydrogen-bond acceptors (Lipinski definition) is 9. The predicted molar refractivity (Wildman–Crippen MR) is 114 cm³/mol. The van der Waals surface area contributed by atoms with E-state index in [9.17, 15) is 38.4 Å². The zero-order chi connectivity index (χ0) is 25.6. The topological polar surface area (TPSA) is 175 Å². The minimum Gasteiger partial charge on any atom is -0.388 e. The summed E-state index contributed by atoms with van der Waals surface area (Å²) in [5.74, 6) is -3.16. The molecule has 11 nitrogen and oxygen atoms in total. The van der Waals surface area contributed by atoms with Gasteiger partial charge in [0.2, 0.25) is 5.95 Å². The van der Waals surface area contributed by atoms with Gasteiger partial charge in [-0.15, -0.1) is 0 Å². The monoisotopic (exact) mass is 507 g/mol. The van der Waals surface area contributed by atoms with E-state index >= 15 is 0 Å². The molecule has 3 aliphatic rings. The van der Waals surface area contributed by atoms with Crippen LogP contribution in [-0.2, 0) is 13.8 Å². The van der Waals surface area contributed by atoms with Crippen LogP contribution in [0.1, 0.15) is 58.6 Å². The Bertz CT molecular complexity index is 1130. The standard InChI is InChI=1S/C20H28F2N3O8P/c1-5-19(3,33-34(30,31)20(4,29)6-2)8-11-12(26)13(27)14(32-11)9-7-10-17(25-18(9)28)24-16(22)15(21)23-10/h7,11-14,26-27,29H,5-6,8H2,1-4H3,(H,30,31)(H,24,25,28)/t11-,12?,13+,14+,19?,20?/m1/s1. The molecule has 4 unspecified atom stereocenters. The SMILES string of the molecule is CCC(C)(C[C@H]1O[C@@H](c2cc3nc(F)c(F)[nH]c-3nc2=O)[C@@H](O)C1O)OP(=O)(O)C(C)(O)CC. The summed E-state index contributed by atoms with van der Waals surface area (Å²) < 4.78 is 50.7. The van der Waals surface area contributed by atoms with Crippen LogP contribution in [0, 0.1) is 11.9 Å². The Morgan fingerprint density at radius 1 is 1.21 bits per heavy atom. The molecule has 14 heteroatoms. The average molecular weight is 507 g/mol. The molecule has 0 amide bonds. The van der Waals surface area contributed by atoms with E-state index in [1.54, 1.807) is 6.92 Å². The first-order chi connectivity index (χ1) is 15.6. The van der Waals surface area contributed by atoms with Crippen LogP contribution in [0.2, 0.25) is 0 Å². The molecule has 0 saturated carbocycles. The fourth-order valence-corrected chi connectivity index (χ4v) is 5.03. The number of hydrogen-bond donors (Lipinski definition) is 5. The van der Waals surface area contributed by atoms with E-state index in [1.807, 2.05) is 4.98 Å². The van der Waals surface area contributed by atoms with Gasteiger partial charge in [0, 0.05) is 6.42 Å². The summed E-state index contributed by atoms with van der Waals surface area (Å²) >= 11 is 0. The van der Waals surface area contributed by atoms with Gasteiger partial charge in [-0.05, 0) is 32.8 Å². The molecule has 1 fully saturated rings. The number of aliphatic hydroxyl groups excluding tert-OH is 2. The number of halogens is 2. The van der Waals surface area contributed by atoms with Crippen molar-refractivity contribution in [2.75, 3.05) is 0 Å². The number of aromatic nitrogens is 3. The molecule has 5 N–H and O–H groups in total. The highest BCUT2D eigenvalue weighted by Crippen LogP contribution is 2.59. The van der Waals surface area contributed by atoms with Crippen molar-refractivity contribution in [2.24, 2.45) is 0 Å². The molecule has 1 saturated heterocycles. The minimum absolute atomic E-state index is 0.0545. The Morgan fingerprint density at radius 2 is 1.85 bits per heavy atom. The molecule has 3 heterocycles. The molecule has 34 heavy (non-hydrogen) atoms. The minimum atomic E-state index is -4.52. The summed E-state index contributed by atoms with van der Waals surface area (Å²) in [7, 11) is -4.52. The lowest BCUT2D eigenvalue weighted by molar-refractivity contribution is -0.0532.